The predicted molar refractivity (Wildman–Crippen MR) is 87.8 cm³/mol. The molecule has 21 heavy (non-hydrogen) atoms. The highest BCUT2D eigenvalue weighted by Gasteiger charge is 2.10. The summed E-state index contributed by atoms with van der Waals surface area (Å²) in [5.41, 5.74) is 6.82. The molecule has 3 N–H and O–H groups in total. The summed E-state index contributed by atoms with van der Waals surface area (Å²) >= 11 is 0. The van der Waals surface area contributed by atoms with Crippen molar-refractivity contribution in [2.75, 3.05) is 44.4 Å². The zero-order chi connectivity index (χ0) is 15.4. The van der Waals surface area contributed by atoms with Crippen LogP contribution in [0.4, 0.5) is 11.6 Å². The molecular formula is C15H23N5O. The van der Waals surface area contributed by atoms with Gasteiger partial charge in [0.25, 0.3) is 5.56 Å². The van der Waals surface area contributed by atoms with Crippen LogP contribution in [0.25, 0.3) is 10.9 Å². The zero-order valence-electron chi connectivity index (χ0n) is 12.9. The highest BCUT2D eigenvalue weighted by Crippen LogP contribution is 2.15. The maximum Gasteiger partial charge on any atom is 0.260 e. The number of hydrogen-bond acceptors (Lipinski definition) is 5. The van der Waals surface area contributed by atoms with Gasteiger partial charge in [-0.15, -0.1) is 0 Å². The Morgan fingerprint density at radius 2 is 2.05 bits per heavy atom. The van der Waals surface area contributed by atoms with Gasteiger partial charge in [-0.1, -0.05) is 0 Å². The van der Waals surface area contributed by atoms with E-state index in [2.05, 4.69) is 40.8 Å². The summed E-state index contributed by atoms with van der Waals surface area (Å²) in [5.74, 6) is 0.624. The van der Waals surface area contributed by atoms with Crippen LogP contribution < -0.4 is 16.2 Å². The predicted octanol–water partition coefficient (Wildman–Crippen LogP) is 1.28. The molecule has 0 fully saturated rings. The van der Waals surface area contributed by atoms with Crippen molar-refractivity contribution in [3.8, 4) is 0 Å². The Kier molecular flexibility index (Phi) is 4.80. The van der Waals surface area contributed by atoms with Crippen LogP contribution >= 0.6 is 0 Å². The first-order valence-corrected chi connectivity index (χ1v) is 7.20. The van der Waals surface area contributed by atoms with Gasteiger partial charge >= 0.3 is 0 Å². The number of anilines is 2. The molecule has 1 aromatic heterocycles. The van der Waals surface area contributed by atoms with Crippen molar-refractivity contribution in [3.63, 3.8) is 0 Å². The Labute approximate surface area is 124 Å². The number of aromatic amines is 1. The van der Waals surface area contributed by atoms with Gasteiger partial charge in [0.15, 0.2) is 0 Å². The highest BCUT2D eigenvalue weighted by atomic mass is 16.1. The minimum absolute atomic E-state index is 0.145. The summed E-state index contributed by atoms with van der Waals surface area (Å²) in [5, 5.41) is 0.531. The third-order valence-electron chi connectivity index (χ3n) is 3.43. The van der Waals surface area contributed by atoms with Gasteiger partial charge in [0.05, 0.1) is 10.9 Å². The Morgan fingerprint density at radius 3 is 2.71 bits per heavy atom. The third-order valence-corrected chi connectivity index (χ3v) is 3.43. The van der Waals surface area contributed by atoms with E-state index in [1.165, 1.54) is 0 Å². The number of H-pyrrole nitrogens is 1. The molecule has 0 aliphatic heterocycles. The average molecular weight is 289 g/mol. The van der Waals surface area contributed by atoms with Gasteiger partial charge in [0.2, 0.25) is 5.95 Å². The molecule has 0 saturated heterocycles. The number of rotatable bonds is 6. The fraction of sp³-hybridized carbons (Fsp3) is 0.467. The lowest BCUT2D eigenvalue weighted by Gasteiger charge is -2.22. The molecule has 2 aromatic rings. The fourth-order valence-electron chi connectivity index (χ4n) is 2.29. The topological polar surface area (TPSA) is 78.2 Å². The molecule has 0 spiro atoms. The molecule has 2 rings (SSSR count). The molecule has 1 heterocycles. The minimum atomic E-state index is -0.145. The quantitative estimate of drug-likeness (QED) is 0.783. The lowest BCUT2D eigenvalue weighted by atomic mass is 10.2. The van der Waals surface area contributed by atoms with E-state index >= 15 is 0 Å². The van der Waals surface area contributed by atoms with Crippen molar-refractivity contribution in [2.45, 2.75) is 13.3 Å². The van der Waals surface area contributed by atoms with Gasteiger partial charge in [0.1, 0.15) is 0 Å². The number of nitrogen functional groups attached to an aromatic ring is 1. The molecule has 1 aromatic carbocycles. The van der Waals surface area contributed by atoms with E-state index < -0.39 is 0 Å². The standard InChI is InChI=1S/C15H23N5O/c1-4-20(9-5-8-19(2)3)15-17-13-7-6-11(16)10-12(13)14(21)18-15/h6-7,10H,4-5,8-9,16H2,1-3H3,(H,17,18,21). The van der Waals surface area contributed by atoms with E-state index in [1.807, 2.05) is 0 Å². The van der Waals surface area contributed by atoms with E-state index in [9.17, 15) is 4.79 Å². The lowest BCUT2D eigenvalue weighted by Crippen LogP contribution is -2.30. The molecule has 0 bridgehead atoms. The molecule has 0 aliphatic carbocycles. The van der Waals surface area contributed by atoms with Crippen LogP contribution in [0.15, 0.2) is 23.0 Å². The number of nitrogens with zero attached hydrogens (tertiary/aromatic N) is 3. The van der Waals surface area contributed by atoms with Crippen LogP contribution in [0.2, 0.25) is 0 Å². The van der Waals surface area contributed by atoms with E-state index in [-0.39, 0.29) is 5.56 Å². The summed E-state index contributed by atoms with van der Waals surface area (Å²) in [7, 11) is 4.10. The lowest BCUT2D eigenvalue weighted by molar-refractivity contribution is 0.400. The monoisotopic (exact) mass is 289 g/mol. The molecule has 0 atom stereocenters. The van der Waals surface area contributed by atoms with Gasteiger partial charge in [0, 0.05) is 18.8 Å². The molecule has 0 aliphatic rings. The van der Waals surface area contributed by atoms with Crippen molar-refractivity contribution in [1.82, 2.24) is 14.9 Å². The van der Waals surface area contributed by atoms with Crippen LogP contribution in [-0.2, 0) is 0 Å². The van der Waals surface area contributed by atoms with Crippen LogP contribution in [-0.4, -0.2) is 48.6 Å². The molecular weight excluding hydrogens is 266 g/mol. The summed E-state index contributed by atoms with van der Waals surface area (Å²) in [6.07, 6.45) is 1.02. The third kappa shape index (κ3) is 3.72. The van der Waals surface area contributed by atoms with Gasteiger partial charge in [-0.2, -0.15) is 0 Å². The highest BCUT2D eigenvalue weighted by molar-refractivity contribution is 5.81. The fourth-order valence-corrected chi connectivity index (χ4v) is 2.29. The first-order chi connectivity index (χ1) is 10.0. The maximum atomic E-state index is 12.2. The second kappa shape index (κ2) is 6.58. The number of benzene rings is 1. The molecule has 114 valence electrons. The van der Waals surface area contributed by atoms with E-state index in [0.29, 0.717) is 22.5 Å². The Morgan fingerprint density at radius 1 is 1.29 bits per heavy atom. The SMILES string of the molecule is CCN(CCCN(C)C)c1nc2ccc(N)cc2c(=O)[nH]1. The number of nitrogens with one attached hydrogen (secondary N) is 1. The molecule has 6 nitrogen and oxygen atoms in total. The first-order valence-electron chi connectivity index (χ1n) is 7.20. The number of fused-ring (bicyclic) bond motifs is 1. The number of hydrogen-bond donors (Lipinski definition) is 2. The summed E-state index contributed by atoms with van der Waals surface area (Å²) in [6.45, 7) is 4.72. The van der Waals surface area contributed by atoms with Crippen molar-refractivity contribution >= 4 is 22.5 Å². The Hall–Kier alpha value is -2.08. The van der Waals surface area contributed by atoms with Crippen LogP contribution in [0.1, 0.15) is 13.3 Å². The summed E-state index contributed by atoms with van der Waals surface area (Å²) in [4.78, 5) is 23.8. The normalized spacial score (nSPS) is 11.2. The molecule has 0 unspecified atom stereocenters. The smallest absolute Gasteiger partial charge is 0.260 e. The number of nitrogens with two attached hydrogens (primary N) is 1. The maximum absolute atomic E-state index is 12.2. The number of aromatic nitrogens is 2. The molecule has 0 saturated carbocycles. The van der Waals surface area contributed by atoms with E-state index in [0.717, 1.165) is 26.1 Å². The van der Waals surface area contributed by atoms with E-state index in [1.54, 1.807) is 18.2 Å². The van der Waals surface area contributed by atoms with Gasteiger partial charge in [-0.05, 0) is 52.2 Å². The molecule has 0 amide bonds. The van der Waals surface area contributed by atoms with Crippen LogP contribution in [0.5, 0.6) is 0 Å². The molecule has 6 heteroatoms. The van der Waals surface area contributed by atoms with Crippen molar-refractivity contribution in [3.05, 3.63) is 28.6 Å². The second-order valence-corrected chi connectivity index (χ2v) is 5.40. The van der Waals surface area contributed by atoms with Crippen molar-refractivity contribution < 1.29 is 0 Å². The van der Waals surface area contributed by atoms with Crippen LogP contribution in [0, 0.1) is 0 Å². The van der Waals surface area contributed by atoms with Crippen molar-refractivity contribution in [2.24, 2.45) is 0 Å². The molecule has 0 radical (unpaired) electrons. The van der Waals surface area contributed by atoms with Crippen LogP contribution in [0.3, 0.4) is 0 Å². The Balaban J connectivity index is 2.27. The largest absolute Gasteiger partial charge is 0.399 e. The second-order valence-electron chi connectivity index (χ2n) is 5.40. The zero-order valence-corrected chi connectivity index (χ0v) is 12.9. The summed E-state index contributed by atoms with van der Waals surface area (Å²) in [6, 6.07) is 5.21. The van der Waals surface area contributed by atoms with Gasteiger partial charge in [-0.25, -0.2) is 4.98 Å². The summed E-state index contributed by atoms with van der Waals surface area (Å²) < 4.78 is 0. The van der Waals surface area contributed by atoms with Crippen molar-refractivity contribution in [1.29, 1.82) is 0 Å². The van der Waals surface area contributed by atoms with E-state index in [4.69, 9.17) is 5.73 Å². The minimum Gasteiger partial charge on any atom is -0.399 e. The first kappa shape index (κ1) is 15.3. The van der Waals surface area contributed by atoms with Gasteiger partial charge < -0.3 is 15.5 Å². The average Bonchev–Trinajstić information content (AvgIpc) is 2.44. The Bertz CT molecular complexity index is 665. The van der Waals surface area contributed by atoms with Gasteiger partial charge in [-0.3, -0.25) is 9.78 Å².